The topological polar surface area (TPSA) is 47.0 Å². The first-order chi connectivity index (χ1) is 14.6. The molecule has 3 rings (SSSR count). The van der Waals surface area contributed by atoms with Crippen LogP contribution >= 0.6 is 24.0 Å². The van der Waals surface area contributed by atoms with Gasteiger partial charge >= 0.3 is 0 Å². The van der Waals surface area contributed by atoms with Crippen molar-refractivity contribution in [1.29, 1.82) is 0 Å². The van der Waals surface area contributed by atoms with Crippen LogP contribution in [0.5, 0.6) is 0 Å². The van der Waals surface area contributed by atoms with Crippen molar-refractivity contribution < 1.29 is 4.39 Å². The minimum Gasteiger partial charge on any atom is -0.357 e. The Kier molecular flexibility index (Phi) is 10.5. The lowest BCUT2D eigenvalue weighted by Gasteiger charge is -2.34. The van der Waals surface area contributed by atoms with Crippen LogP contribution in [0.25, 0.3) is 0 Å². The Morgan fingerprint density at radius 1 is 1.10 bits per heavy atom. The highest BCUT2D eigenvalue weighted by atomic mass is 127. The van der Waals surface area contributed by atoms with Crippen LogP contribution in [0.4, 0.5) is 10.2 Å². The molecule has 31 heavy (non-hydrogen) atoms. The summed E-state index contributed by atoms with van der Waals surface area (Å²) in [5.74, 6) is 1.64. The maximum absolute atomic E-state index is 13.2. The molecule has 6 nitrogen and oxygen atoms in total. The van der Waals surface area contributed by atoms with Crippen LogP contribution in [0.1, 0.15) is 25.0 Å². The number of anilines is 1. The van der Waals surface area contributed by atoms with Gasteiger partial charge in [0.1, 0.15) is 11.6 Å². The number of benzene rings is 1. The molecule has 1 fully saturated rings. The van der Waals surface area contributed by atoms with E-state index in [0.29, 0.717) is 13.1 Å². The van der Waals surface area contributed by atoms with E-state index in [2.05, 4.69) is 44.9 Å². The van der Waals surface area contributed by atoms with Gasteiger partial charge in [0.25, 0.3) is 0 Å². The molecule has 0 bridgehead atoms. The van der Waals surface area contributed by atoms with Crippen LogP contribution in [-0.4, -0.2) is 67.1 Å². The van der Waals surface area contributed by atoms with Crippen molar-refractivity contribution in [2.45, 2.75) is 26.9 Å². The lowest BCUT2D eigenvalue weighted by atomic mass is 10.2. The van der Waals surface area contributed by atoms with Gasteiger partial charge in [-0.3, -0.25) is 0 Å². The summed E-state index contributed by atoms with van der Waals surface area (Å²) in [6, 6.07) is 10.8. The number of nitrogens with one attached hydrogen (secondary N) is 1. The molecule has 0 unspecified atom stereocenters. The van der Waals surface area contributed by atoms with Gasteiger partial charge in [0.2, 0.25) is 0 Å². The standard InChI is InChI=1S/C23H33FN6.HI/c1-4-25-23(28(3)18-19-6-8-21(24)9-7-19)27-17-20-10-11-26-22(16-20)30-14-12-29(5-2)13-15-30;/h6-11,16H,4-5,12-15,17-18H2,1-3H3,(H,25,27);1H. The summed E-state index contributed by atoms with van der Waals surface area (Å²) in [6.45, 7) is 11.6. The number of likely N-dealkylation sites (N-methyl/N-ethyl adjacent to an activating group) is 1. The fraction of sp³-hybridized carbons (Fsp3) is 0.478. The highest BCUT2D eigenvalue weighted by molar-refractivity contribution is 14.0. The van der Waals surface area contributed by atoms with Crippen LogP contribution in [0.3, 0.4) is 0 Å². The molecule has 2 heterocycles. The number of hydrogen-bond donors (Lipinski definition) is 1. The molecule has 1 aromatic carbocycles. The van der Waals surface area contributed by atoms with Crippen LogP contribution in [0, 0.1) is 5.82 Å². The van der Waals surface area contributed by atoms with Crippen molar-refractivity contribution in [3.63, 3.8) is 0 Å². The molecule has 1 N–H and O–H groups in total. The predicted octanol–water partition coefficient (Wildman–Crippen LogP) is 3.58. The van der Waals surface area contributed by atoms with Gasteiger partial charge in [0.15, 0.2) is 5.96 Å². The number of pyridine rings is 1. The number of hydrogen-bond acceptors (Lipinski definition) is 4. The summed E-state index contributed by atoms with van der Waals surface area (Å²) in [6.07, 6.45) is 1.88. The quantitative estimate of drug-likeness (QED) is 0.331. The molecule has 170 valence electrons. The van der Waals surface area contributed by atoms with Crippen molar-refractivity contribution in [2.24, 2.45) is 4.99 Å². The molecule has 1 aliphatic heterocycles. The highest BCUT2D eigenvalue weighted by Gasteiger charge is 2.17. The Labute approximate surface area is 202 Å². The third-order valence-electron chi connectivity index (χ3n) is 5.39. The molecule has 2 aromatic rings. The second kappa shape index (κ2) is 12.8. The third kappa shape index (κ3) is 7.60. The third-order valence-corrected chi connectivity index (χ3v) is 5.39. The number of nitrogens with zero attached hydrogens (tertiary/aromatic N) is 5. The molecule has 0 atom stereocenters. The van der Waals surface area contributed by atoms with E-state index in [1.54, 1.807) is 0 Å². The predicted molar refractivity (Wildman–Crippen MR) is 137 cm³/mol. The largest absolute Gasteiger partial charge is 0.357 e. The molecule has 0 saturated carbocycles. The summed E-state index contributed by atoms with van der Waals surface area (Å²) in [4.78, 5) is 16.3. The Morgan fingerprint density at radius 3 is 2.45 bits per heavy atom. The number of guanidine groups is 1. The first-order valence-electron chi connectivity index (χ1n) is 10.7. The maximum Gasteiger partial charge on any atom is 0.194 e. The molecule has 1 aliphatic rings. The second-order valence-electron chi connectivity index (χ2n) is 7.60. The number of piperazine rings is 1. The molecule has 1 aromatic heterocycles. The van der Waals surface area contributed by atoms with Crippen LogP contribution in [0.2, 0.25) is 0 Å². The molecule has 8 heteroatoms. The van der Waals surface area contributed by atoms with Gasteiger partial charge in [-0.2, -0.15) is 0 Å². The van der Waals surface area contributed by atoms with Crippen LogP contribution in [0.15, 0.2) is 47.6 Å². The van der Waals surface area contributed by atoms with Crippen molar-refractivity contribution in [3.05, 3.63) is 59.5 Å². The molecule has 0 radical (unpaired) electrons. The van der Waals surface area contributed by atoms with Crippen molar-refractivity contribution in [2.75, 3.05) is 51.2 Å². The van der Waals surface area contributed by atoms with E-state index in [0.717, 1.165) is 62.2 Å². The molecular weight excluding hydrogens is 506 g/mol. The number of rotatable bonds is 7. The summed E-state index contributed by atoms with van der Waals surface area (Å²) in [5, 5.41) is 3.34. The Morgan fingerprint density at radius 2 is 1.81 bits per heavy atom. The summed E-state index contributed by atoms with van der Waals surface area (Å²) < 4.78 is 13.2. The normalized spacial score (nSPS) is 14.8. The molecule has 1 saturated heterocycles. The van der Waals surface area contributed by atoms with Crippen LogP contribution in [-0.2, 0) is 13.1 Å². The fourth-order valence-electron chi connectivity index (χ4n) is 3.60. The van der Waals surface area contributed by atoms with E-state index >= 15 is 0 Å². The highest BCUT2D eigenvalue weighted by Crippen LogP contribution is 2.16. The SMILES string of the molecule is CCNC(=NCc1ccnc(N2CCN(CC)CC2)c1)N(C)Cc1ccc(F)cc1.I. The van der Waals surface area contributed by atoms with Gasteiger partial charge < -0.3 is 20.0 Å². The second-order valence-corrected chi connectivity index (χ2v) is 7.60. The van der Waals surface area contributed by atoms with Gasteiger partial charge in [0.05, 0.1) is 6.54 Å². The van der Waals surface area contributed by atoms with Gasteiger partial charge in [0, 0.05) is 52.5 Å². The first-order valence-corrected chi connectivity index (χ1v) is 10.7. The van der Waals surface area contributed by atoms with Crippen molar-refractivity contribution in [3.8, 4) is 0 Å². The summed E-state index contributed by atoms with van der Waals surface area (Å²) in [7, 11) is 2.00. The molecule has 0 amide bonds. The van der Waals surface area contributed by atoms with E-state index in [4.69, 9.17) is 4.99 Å². The lowest BCUT2D eigenvalue weighted by molar-refractivity contribution is 0.270. The average molecular weight is 540 g/mol. The number of halogens is 2. The summed E-state index contributed by atoms with van der Waals surface area (Å²) in [5.41, 5.74) is 2.19. The van der Waals surface area contributed by atoms with Crippen molar-refractivity contribution in [1.82, 2.24) is 20.1 Å². The molecule has 0 aliphatic carbocycles. The Balaban J connectivity index is 0.00000341. The van der Waals surface area contributed by atoms with Crippen LogP contribution < -0.4 is 10.2 Å². The van der Waals surface area contributed by atoms with Gasteiger partial charge in [-0.15, -0.1) is 24.0 Å². The zero-order chi connectivity index (χ0) is 21.3. The lowest BCUT2D eigenvalue weighted by Crippen LogP contribution is -2.46. The molecule has 0 spiro atoms. The number of aromatic nitrogens is 1. The van der Waals surface area contributed by atoms with Gasteiger partial charge in [-0.1, -0.05) is 19.1 Å². The minimum atomic E-state index is -0.216. The first kappa shape index (κ1) is 25.3. The maximum atomic E-state index is 13.2. The zero-order valence-corrected chi connectivity index (χ0v) is 21.1. The number of aliphatic imine (C=N–C) groups is 1. The average Bonchev–Trinajstić information content (AvgIpc) is 2.78. The smallest absolute Gasteiger partial charge is 0.194 e. The fourth-order valence-corrected chi connectivity index (χ4v) is 3.60. The Hall–Kier alpha value is -1.94. The molecular formula is C23H34FIN6. The van der Waals surface area contributed by atoms with E-state index < -0.39 is 0 Å². The Bertz CT molecular complexity index is 821. The van der Waals surface area contributed by atoms with E-state index in [1.807, 2.05) is 31.4 Å². The summed E-state index contributed by atoms with van der Waals surface area (Å²) >= 11 is 0. The zero-order valence-electron chi connectivity index (χ0n) is 18.7. The van der Waals surface area contributed by atoms with Crippen molar-refractivity contribution >= 4 is 35.8 Å². The van der Waals surface area contributed by atoms with Gasteiger partial charge in [-0.05, 0) is 48.9 Å². The van der Waals surface area contributed by atoms with E-state index in [-0.39, 0.29) is 29.8 Å². The van der Waals surface area contributed by atoms with E-state index in [1.165, 1.54) is 12.1 Å². The monoisotopic (exact) mass is 540 g/mol. The minimum absolute atomic E-state index is 0. The van der Waals surface area contributed by atoms with E-state index in [9.17, 15) is 4.39 Å². The van der Waals surface area contributed by atoms with Gasteiger partial charge in [-0.25, -0.2) is 14.4 Å².